The molecule has 116 valence electrons. The maximum Gasteiger partial charge on any atom is 0.0471 e. The Morgan fingerprint density at radius 2 is 1.71 bits per heavy atom. The number of ether oxygens (including phenoxy) is 1. The van der Waals surface area contributed by atoms with Crippen molar-refractivity contribution in [1.82, 2.24) is 5.32 Å². The average molecular weight is 287 g/mol. The largest absolute Gasteiger partial charge is 0.381 e. The molecule has 1 spiro atoms. The summed E-state index contributed by atoms with van der Waals surface area (Å²) in [6, 6.07) is 9.40. The van der Waals surface area contributed by atoms with Crippen LogP contribution in [0.15, 0.2) is 24.3 Å². The lowest BCUT2D eigenvalue weighted by Gasteiger charge is -2.58. The standard InChI is InChI=1S/C19H29NO/c1-15(2)16-4-6-17(7-5-16)19(14-20-3)12-18(13-19)8-10-21-11-9-18/h4-7,15,20H,8-14H2,1-3H3. The van der Waals surface area contributed by atoms with Crippen molar-refractivity contribution in [3.8, 4) is 0 Å². The third-order valence-corrected chi connectivity index (χ3v) is 5.69. The van der Waals surface area contributed by atoms with Gasteiger partial charge in [-0.05, 0) is 55.2 Å². The van der Waals surface area contributed by atoms with Crippen LogP contribution in [0.3, 0.4) is 0 Å². The van der Waals surface area contributed by atoms with Crippen LogP contribution in [0.1, 0.15) is 56.6 Å². The number of rotatable bonds is 4. The van der Waals surface area contributed by atoms with E-state index >= 15 is 0 Å². The van der Waals surface area contributed by atoms with E-state index < -0.39 is 0 Å². The molecule has 1 aliphatic carbocycles. The molecule has 1 saturated heterocycles. The van der Waals surface area contributed by atoms with Gasteiger partial charge < -0.3 is 10.1 Å². The first-order chi connectivity index (χ1) is 10.1. The molecule has 1 aromatic carbocycles. The summed E-state index contributed by atoms with van der Waals surface area (Å²) in [4.78, 5) is 0. The second-order valence-corrected chi connectivity index (χ2v) is 7.55. The Hall–Kier alpha value is -0.860. The third kappa shape index (κ3) is 2.76. The molecule has 0 unspecified atom stereocenters. The highest BCUT2D eigenvalue weighted by molar-refractivity contribution is 5.35. The number of likely N-dealkylation sites (N-methyl/N-ethyl adjacent to an activating group) is 1. The predicted molar refractivity (Wildman–Crippen MR) is 87.9 cm³/mol. The van der Waals surface area contributed by atoms with Gasteiger partial charge in [0.2, 0.25) is 0 Å². The maximum absolute atomic E-state index is 5.56. The molecular weight excluding hydrogens is 258 g/mol. The molecule has 1 saturated carbocycles. The van der Waals surface area contributed by atoms with Crippen LogP contribution >= 0.6 is 0 Å². The second kappa shape index (κ2) is 5.73. The zero-order valence-corrected chi connectivity index (χ0v) is 13.7. The zero-order valence-electron chi connectivity index (χ0n) is 13.7. The minimum atomic E-state index is 0.349. The highest BCUT2D eigenvalue weighted by Gasteiger charge is 2.54. The first-order valence-corrected chi connectivity index (χ1v) is 8.42. The summed E-state index contributed by atoms with van der Waals surface area (Å²) in [5.41, 5.74) is 3.88. The van der Waals surface area contributed by atoms with Crippen LogP contribution in [0.4, 0.5) is 0 Å². The van der Waals surface area contributed by atoms with Gasteiger partial charge in [0, 0.05) is 25.2 Å². The van der Waals surface area contributed by atoms with Crippen LogP contribution in [-0.2, 0) is 10.2 Å². The smallest absolute Gasteiger partial charge is 0.0471 e. The van der Waals surface area contributed by atoms with Crippen molar-refractivity contribution in [3.63, 3.8) is 0 Å². The Morgan fingerprint density at radius 1 is 1.10 bits per heavy atom. The van der Waals surface area contributed by atoms with E-state index in [0.29, 0.717) is 16.7 Å². The molecule has 0 atom stereocenters. The third-order valence-electron chi connectivity index (χ3n) is 5.69. The summed E-state index contributed by atoms with van der Waals surface area (Å²) in [5, 5.41) is 3.44. The van der Waals surface area contributed by atoms with Gasteiger partial charge in [-0.15, -0.1) is 0 Å². The summed E-state index contributed by atoms with van der Waals surface area (Å²) in [5.74, 6) is 0.613. The second-order valence-electron chi connectivity index (χ2n) is 7.55. The Kier molecular flexibility index (Phi) is 4.11. The Morgan fingerprint density at radius 3 is 2.24 bits per heavy atom. The molecule has 0 amide bonds. The Balaban J connectivity index is 1.79. The molecule has 0 radical (unpaired) electrons. The van der Waals surface area contributed by atoms with Crippen LogP contribution < -0.4 is 5.32 Å². The highest BCUT2D eigenvalue weighted by Crippen LogP contribution is 2.60. The van der Waals surface area contributed by atoms with Crippen LogP contribution in [0.5, 0.6) is 0 Å². The van der Waals surface area contributed by atoms with E-state index in [1.165, 1.54) is 36.8 Å². The molecule has 1 N–H and O–H groups in total. The monoisotopic (exact) mass is 287 g/mol. The summed E-state index contributed by atoms with van der Waals surface area (Å²) in [6.07, 6.45) is 5.15. The van der Waals surface area contributed by atoms with Crippen molar-refractivity contribution in [2.45, 2.75) is 50.9 Å². The zero-order chi connectivity index (χ0) is 14.9. The lowest BCUT2D eigenvalue weighted by atomic mass is 9.48. The van der Waals surface area contributed by atoms with Gasteiger partial charge in [0.05, 0.1) is 0 Å². The van der Waals surface area contributed by atoms with Gasteiger partial charge in [0.25, 0.3) is 0 Å². The highest BCUT2D eigenvalue weighted by atomic mass is 16.5. The fraction of sp³-hybridized carbons (Fsp3) is 0.684. The maximum atomic E-state index is 5.56. The van der Waals surface area contributed by atoms with Crippen molar-refractivity contribution >= 4 is 0 Å². The molecule has 1 aliphatic heterocycles. The Labute approximate surface area is 129 Å². The van der Waals surface area contributed by atoms with Gasteiger partial charge in [-0.2, -0.15) is 0 Å². The van der Waals surface area contributed by atoms with Crippen molar-refractivity contribution in [2.75, 3.05) is 26.8 Å². The van der Waals surface area contributed by atoms with Crippen molar-refractivity contribution in [2.24, 2.45) is 5.41 Å². The molecule has 0 aromatic heterocycles. The molecular formula is C19H29NO. The van der Waals surface area contributed by atoms with E-state index in [9.17, 15) is 0 Å². The van der Waals surface area contributed by atoms with Gasteiger partial charge in [0.15, 0.2) is 0 Å². The van der Waals surface area contributed by atoms with E-state index in [1.807, 2.05) is 0 Å². The first kappa shape index (κ1) is 15.1. The minimum Gasteiger partial charge on any atom is -0.381 e. The van der Waals surface area contributed by atoms with Crippen LogP contribution in [0.25, 0.3) is 0 Å². The van der Waals surface area contributed by atoms with Gasteiger partial charge in [-0.1, -0.05) is 38.1 Å². The molecule has 1 heterocycles. The van der Waals surface area contributed by atoms with E-state index in [4.69, 9.17) is 4.74 Å². The molecule has 0 bridgehead atoms. The number of nitrogens with one attached hydrogen (secondary N) is 1. The van der Waals surface area contributed by atoms with Gasteiger partial charge >= 0.3 is 0 Å². The van der Waals surface area contributed by atoms with Crippen LogP contribution in [-0.4, -0.2) is 26.8 Å². The summed E-state index contributed by atoms with van der Waals surface area (Å²) < 4.78 is 5.56. The number of hydrogen-bond acceptors (Lipinski definition) is 2. The lowest BCUT2D eigenvalue weighted by Crippen LogP contribution is -2.56. The van der Waals surface area contributed by atoms with E-state index in [1.54, 1.807) is 0 Å². The molecule has 21 heavy (non-hydrogen) atoms. The predicted octanol–water partition coefficient (Wildman–Crippen LogP) is 3.86. The Bertz CT molecular complexity index is 463. The first-order valence-electron chi connectivity index (χ1n) is 8.42. The summed E-state index contributed by atoms with van der Waals surface area (Å²) >= 11 is 0. The van der Waals surface area contributed by atoms with Crippen LogP contribution in [0, 0.1) is 5.41 Å². The quantitative estimate of drug-likeness (QED) is 0.908. The fourth-order valence-corrected chi connectivity index (χ4v) is 4.53. The molecule has 2 nitrogen and oxygen atoms in total. The summed E-state index contributed by atoms with van der Waals surface area (Å²) in [6.45, 7) is 7.54. The van der Waals surface area contributed by atoms with Gasteiger partial charge in [-0.3, -0.25) is 0 Å². The van der Waals surface area contributed by atoms with Gasteiger partial charge in [0.1, 0.15) is 0 Å². The molecule has 3 rings (SSSR count). The average Bonchev–Trinajstić information content (AvgIpc) is 2.47. The fourth-order valence-electron chi connectivity index (χ4n) is 4.53. The number of hydrogen-bond donors (Lipinski definition) is 1. The normalized spacial score (nSPS) is 23.2. The van der Waals surface area contributed by atoms with Crippen molar-refractivity contribution < 1.29 is 4.74 Å². The molecule has 2 aliphatic rings. The minimum absolute atomic E-state index is 0.349. The van der Waals surface area contributed by atoms with Gasteiger partial charge in [-0.25, -0.2) is 0 Å². The molecule has 1 aromatic rings. The molecule has 2 fully saturated rings. The van der Waals surface area contributed by atoms with E-state index in [-0.39, 0.29) is 0 Å². The summed E-state index contributed by atoms with van der Waals surface area (Å²) in [7, 11) is 2.08. The van der Waals surface area contributed by atoms with E-state index in [0.717, 1.165) is 19.8 Å². The topological polar surface area (TPSA) is 21.3 Å². The lowest BCUT2D eigenvalue weighted by molar-refractivity contribution is -0.0732. The van der Waals surface area contributed by atoms with E-state index in [2.05, 4.69) is 50.5 Å². The number of benzene rings is 1. The van der Waals surface area contributed by atoms with Crippen LogP contribution in [0.2, 0.25) is 0 Å². The van der Waals surface area contributed by atoms with Crippen molar-refractivity contribution in [3.05, 3.63) is 35.4 Å². The SMILES string of the molecule is CNCC1(c2ccc(C(C)C)cc2)CC2(CCOCC2)C1. The van der Waals surface area contributed by atoms with Crippen molar-refractivity contribution in [1.29, 1.82) is 0 Å². The molecule has 2 heteroatoms.